The molecule has 3 nitrogen and oxygen atoms in total. The molecule has 123 heavy (non-hydrogen) atoms. The summed E-state index contributed by atoms with van der Waals surface area (Å²) in [5, 5.41) is 29.4. The molecule has 3 heterocycles. The molecule has 0 bridgehead atoms. The van der Waals surface area contributed by atoms with Crippen molar-refractivity contribution in [2.45, 2.75) is 0 Å². The Hall–Kier alpha value is -16.2. The van der Waals surface area contributed by atoms with Gasteiger partial charge in [-0.2, -0.15) is 0 Å². The third-order valence-electron chi connectivity index (χ3n) is 25.4. The van der Waals surface area contributed by atoms with Gasteiger partial charge < -0.3 is 13.3 Å². The molecule has 23 aromatic carbocycles. The maximum atomic E-state index is 6.54. The summed E-state index contributed by atoms with van der Waals surface area (Å²) in [5.74, 6) is 0. The third-order valence-corrected chi connectivity index (χ3v) is 25.4. The van der Waals surface area contributed by atoms with Gasteiger partial charge in [-0.15, -0.1) is 0 Å². The van der Waals surface area contributed by atoms with Crippen molar-refractivity contribution in [2.24, 2.45) is 0 Å². The monoisotopic (exact) mass is 1560 g/mol. The lowest BCUT2D eigenvalue weighted by molar-refractivity contribution is 0.669. The normalized spacial score (nSPS) is 11.7. The quantitative estimate of drug-likeness (QED) is 0.142. The predicted octanol–water partition coefficient (Wildman–Crippen LogP) is 34.5. The van der Waals surface area contributed by atoms with Gasteiger partial charge in [-0.3, -0.25) is 0 Å². The molecular formula is C120H74O3. The molecule has 0 saturated heterocycles. The van der Waals surface area contributed by atoms with Crippen LogP contribution >= 0.6 is 0 Å². The Morgan fingerprint density at radius 2 is 0.374 bits per heavy atom. The summed E-state index contributed by atoms with van der Waals surface area (Å²) >= 11 is 0. The van der Waals surface area contributed by atoms with E-state index in [-0.39, 0.29) is 0 Å². The lowest BCUT2D eigenvalue weighted by Gasteiger charge is -2.18. The van der Waals surface area contributed by atoms with Crippen LogP contribution in [0.4, 0.5) is 0 Å². The highest BCUT2D eigenvalue weighted by atomic mass is 16.3. The lowest BCUT2D eigenvalue weighted by atomic mass is 9.85. The average molecular weight is 1560 g/mol. The van der Waals surface area contributed by atoms with E-state index in [0.717, 1.165) is 71.4 Å². The van der Waals surface area contributed by atoms with Gasteiger partial charge in [-0.05, 0) is 223 Å². The van der Waals surface area contributed by atoms with Crippen molar-refractivity contribution in [3.63, 3.8) is 0 Å². The Labute approximate surface area is 709 Å². The number of para-hydroxylation sites is 3. The number of rotatable bonds is 8. The van der Waals surface area contributed by atoms with Gasteiger partial charge in [0.1, 0.15) is 33.5 Å². The van der Waals surface area contributed by atoms with Crippen LogP contribution in [0, 0.1) is 0 Å². The Kier molecular flexibility index (Phi) is 17.0. The first-order chi connectivity index (χ1) is 61.0. The van der Waals surface area contributed by atoms with Gasteiger partial charge in [0.15, 0.2) is 0 Å². The molecule has 0 amide bonds. The second-order valence-corrected chi connectivity index (χ2v) is 32.2. The number of hydrogen-bond donors (Lipinski definition) is 0. The minimum Gasteiger partial charge on any atom is -0.456 e. The van der Waals surface area contributed by atoms with E-state index in [4.69, 9.17) is 13.3 Å². The van der Waals surface area contributed by atoms with Crippen LogP contribution in [-0.4, -0.2) is 0 Å². The molecule has 0 aliphatic carbocycles. The van der Waals surface area contributed by atoms with Gasteiger partial charge in [-0.1, -0.05) is 400 Å². The van der Waals surface area contributed by atoms with Crippen molar-refractivity contribution in [3.8, 4) is 89.0 Å². The fourth-order valence-electron chi connectivity index (χ4n) is 19.9. The Bertz CT molecular complexity index is 8550. The zero-order chi connectivity index (χ0) is 81.0. The summed E-state index contributed by atoms with van der Waals surface area (Å²) in [4.78, 5) is 0. The first-order valence-corrected chi connectivity index (χ1v) is 42.2. The van der Waals surface area contributed by atoms with Gasteiger partial charge in [-0.25, -0.2) is 0 Å². The fourth-order valence-corrected chi connectivity index (χ4v) is 19.9. The van der Waals surface area contributed by atoms with Gasteiger partial charge >= 0.3 is 0 Å². The average Bonchev–Trinajstić information content (AvgIpc) is 1.66. The SMILES string of the molecule is c1ccc(-c2c3ccccc3c(-c3ccc4oc5cc6ccccc6cc5c4c3)c3ccccc23)cc1.c1ccc2c(-c3ccc(-c4c5ccccc5c(-c5ccc6oc7ccccc7c6c5)c5ccccc45)cc3)cccc2c1.c1ccc2c(-c3ccc(-c4c5ccccc5c(-c5cccc6c5oc5ccccc56)c5ccccc45)cc3)cccc2c1. The van der Waals surface area contributed by atoms with Crippen LogP contribution in [0.15, 0.2) is 462 Å². The molecule has 0 aliphatic rings. The van der Waals surface area contributed by atoms with Crippen LogP contribution in [-0.2, 0) is 0 Å². The van der Waals surface area contributed by atoms with E-state index < -0.39 is 0 Å². The minimum atomic E-state index is 0.918. The number of furan rings is 3. The highest BCUT2D eigenvalue weighted by Crippen LogP contribution is 2.51. The second kappa shape index (κ2) is 29.4. The maximum absolute atomic E-state index is 6.54. The van der Waals surface area contributed by atoms with Crippen LogP contribution in [0.25, 0.3) is 252 Å². The number of fused-ring (bicyclic) bond motifs is 18. The van der Waals surface area contributed by atoms with Gasteiger partial charge in [0, 0.05) is 43.4 Å². The first-order valence-electron chi connectivity index (χ1n) is 42.2. The van der Waals surface area contributed by atoms with Crippen LogP contribution in [0.3, 0.4) is 0 Å². The highest BCUT2D eigenvalue weighted by molar-refractivity contribution is 6.27. The summed E-state index contributed by atoms with van der Waals surface area (Å²) in [7, 11) is 0. The topological polar surface area (TPSA) is 39.4 Å². The van der Waals surface area contributed by atoms with E-state index in [1.807, 2.05) is 18.2 Å². The van der Waals surface area contributed by atoms with Crippen molar-refractivity contribution in [1.29, 1.82) is 0 Å². The second-order valence-electron chi connectivity index (χ2n) is 32.2. The summed E-state index contributed by atoms with van der Waals surface area (Å²) in [6, 6.07) is 161. The van der Waals surface area contributed by atoms with Gasteiger partial charge in [0.2, 0.25) is 0 Å². The zero-order valence-corrected chi connectivity index (χ0v) is 66.9. The van der Waals surface area contributed by atoms with E-state index in [0.29, 0.717) is 0 Å². The third kappa shape index (κ3) is 12.0. The zero-order valence-electron chi connectivity index (χ0n) is 66.9. The van der Waals surface area contributed by atoms with Crippen LogP contribution in [0.1, 0.15) is 0 Å². The van der Waals surface area contributed by atoms with Crippen LogP contribution < -0.4 is 0 Å². The van der Waals surface area contributed by atoms with Crippen molar-refractivity contribution >= 4 is 163 Å². The molecule has 26 aromatic rings. The van der Waals surface area contributed by atoms with E-state index in [9.17, 15) is 0 Å². The van der Waals surface area contributed by atoms with Crippen molar-refractivity contribution in [1.82, 2.24) is 0 Å². The van der Waals surface area contributed by atoms with Crippen LogP contribution in [0.2, 0.25) is 0 Å². The minimum absolute atomic E-state index is 0.918. The first kappa shape index (κ1) is 71.0. The molecule has 0 saturated carbocycles. The standard InChI is InChI=1S/2C42H26O.C36H22O/c1-2-13-30-27(11-1)12-9-19-31(30)28-23-25-29(26-24-28)40-33-15-3-5-17-35(33)41(36-18-6-4-16-34(36)40)38-21-10-20-37-32-14-7-8-22-39(32)43-42(37)38;1-2-12-31-27(10-1)11-9-18-32(31)28-20-22-29(23-21-28)41-34-14-3-5-16-36(34)42(37-17-6-4-15-35(37)41)30-24-25-40-38(26-30)33-13-7-8-19-39(33)43-40;1-2-10-23(11-3-1)35-27-14-6-8-16-29(27)36(30-17-9-7-15-28(30)35)26-18-19-33-31(21-26)32-20-24-12-4-5-13-25(24)22-34(32)37-33/h2*1-26H;1-22H. The summed E-state index contributed by atoms with van der Waals surface area (Å²) in [6.45, 7) is 0. The number of hydrogen-bond acceptors (Lipinski definition) is 3. The molecular weight excluding hydrogens is 1490 g/mol. The maximum Gasteiger partial charge on any atom is 0.143 e. The molecule has 3 heteroatoms. The summed E-state index contributed by atoms with van der Waals surface area (Å²) in [6.07, 6.45) is 0. The lowest BCUT2D eigenvalue weighted by Crippen LogP contribution is -1.91. The Balaban J connectivity index is 0.000000104. The van der Waals surface area contributed by atoms with Crippen LogP contribution in [0.5, 0.6) is 0 Å². The smallest absolute Gasteiger partial charge is 0.143 e. The van der Waals surface area contributed by atoms with E-state index in [2.05, 4.69) is 431 Å². The van der Waals surface area contributed by atoms with Crippen molar-refractivity contribution in [2.75, 3.05) is 0 Å². The van der Waals surface area contributed by atoms with Gasteiger partial charge in [0.05, 0.1) is 0 Å². The largest absolute Gasteiger partial charge is 0.456 e. The molecule has 572 valence electrons. The molecule has 0 N–H and O–H groups in total. The molecule has 26 rings (SSSR count). The number of benzene rings is 23. The molecule has 0 aliphatic heterocycles. The Morgan fingerprint density at radius 3 is 0.813 bits per heavy atom. The summed E-state index contributed by atoms with van der Waals surface area (Å²) < 4.78 is 19.0. The van der Waals surface area contributed by atoms with Gasteiger partial charge in [0.25, 0.3) is 0 Å². The van der Waals surface area contributed by atoms with E-state index >= 15 is 0 Å². The highest BCUT2D eigenvalue weighted by Gasteiger charge is 2.24. The molecule has 0 radical (unpaired) electrons. The molecule has 0 spiro atoms. The molecule has 0 atom stereocenters. The molecule has 0 fully saturated rings. The molecule has 3 aromatic heterocycles. The fraction of sp³-hybridized carbons (Fsp3) is 0. The van der Waals surface area contributed by atoms with E-state index in [1.54, 1.807) is 0 Å². The Morgan fingerprint density at radius 1 is 0.114 bits per heavy atom. The summed E-state index contributed by atoms with van der Waals surface area (Å²) in [5.41, 5.74) is 25.3. The van der Waals surface area contributed by atoms with Crippen molar-refractivity contribution in [3.05, 3.63) is 449 Å². The predicted molar refractivity (Wildman–Crippen MR) is 522 cm³/mol. The van der Waals surface area contributed by atoms with E-state index in [1.165, 1.54) is 180 Å². The molecule has 0 unspecified atom stereocenters. The van der Waals surface area contributed by atoms with Crippen molar-refractivity contribution < 1.29 is 13.3 Å².